The molecule has 0 unspecified atom stereocenters. The number of hydrogen-bond acceptors (Lipinski definition) is 6. The van der Waals surface area contributed by atoms with Crippen LogP contribution in [0.15, 0.2) is 78.9 Å². The van der Waals surface area contributed by atoms with Crippen molar-refractivity contribution in [2.45, 2.75) is 46.0 Å². The maximum Gasteiger partial charge on any atom is 0.311 e. The molecule has 4 aromatic carbocycles. The number of hydrogen-bond donors (Lipinski definition) is 0. The van der Waals surface area contributed by atoms with Gasteiger partial charge < -0.3 is 18.9 Å². The van der Waals surface area contributed by atoms with E-state index < -0.39 is 11.9 Å². The maximum atomic E-state index is 13.0. The fourth-order valence-electron chi connectivity index (χ4n) is 3.82. The van der Waals surface area contributed by atoms with Crippen LogP contribution < -0.4 is 18.9 Å². The molecule has 0 heterocycles. The molecule has 4 aromatic rings. The summed E-state index contributed by atoms with van der Waals surface area (Å²) in [4.78, 5) is 25.5. The van der Waals surface area contributed by atoms with Gasteiger partial charge in [-0.15, -0.1) is 0 Å². The topological polar surface area (TPSA) is 71.1 Å². The lowest BCUT2D eigenvalue weighted by Crippen LogP contribution is -2.11. The van der Waals surface area contributed by atoms with Crippen LogP contribution in [0.5, 0.6) is 34.5 Å². The van der Waals surface area contributed by atoms with E-state index in [1.165, 1.54) is 0 Å². The Balaban J connectivity index is 1.98. The van der Waals surface area contributed by atoms with E-state index in [0.717, 1.165) is 12.8 Å². The van der Waals surface area contributed by atoms with Crippen molar-refractivity contribution in [2.75, 3.05) is 0 Å². The van der Waals surface area contributed by atoms with Crippen molar-refractivity contribution in [3.05, 3.63) is 83.9 Å². The second-order valence-electron chi connectivity index (χ2n) is 8.60. The summed E-state index contributed by atoms with van der Waals surface area (Å²) in [5.41, 5.74) is 0. The Bertz CT molecular complexity index is 1400. The van der Waals surface area contributed by atoms with Gasteiger partial charge in [-0.1, -0.05) is 74.7 Å². The van der Waals surface area contributed by atoms with E-state index in [9.17, 15) is 9.59 Å². The molecule has 196 valence electrons. The van der Waals surface area contributed by atoms with Crippen LogP contribution >= 0.6 is 11.6 Å². The number of para-hydroxylation sites is 2. The van der Waals surface area contributed by atoms with Crippen molar-refractivity contribution in [2.24, 2.45) is 0 Å². The first-order valence-corrected chi connectivity index (χ1v) is 13.0. The molecule has 0 aliphatic rings. The number of rotatable bonds is 11. The van der Waals surface area contributed by atoms with E-state index in [2.05, 4.69) is 6.92 Å². The third-order valence-electron chi connectivity index (χ3n) is 5.72. The molecule has 0 saturated carbocycles. The Labute approximate surface area is 227 Å². The molecular weight excluding hydrogens is 504 g/mol. The summed E-state index contributed by atoms with van der Waals surface area (Å²) in [7, 11) is 0. The van der Waals surface area contributed by atoms with Crippen LogP contribution in [-0.2, 0) is 9.59 Å². The lowest BCUT2D eigenvalue weighted by molar-refractivity contribution is -0.135. The van der Waals surface area contributed by atoms with Crippen LogP contribution in [-0.4, -0.2) is 11.9 Å². The molecule has 0 fully saturated rings. The molecule has 6 nitrogen and oxygen atoms in total. The van der Waals surface area contributed by atoms with Gasteiger partial charge in [0, 0.05) is 28.6 Å². The van der Waals surface area contributed by atoms with Crippen molar-refractivity contribution in [3.63, 3.8) is 0 Å². The van der Waals surface area contributed by atoms with E-state index in [-0.39, 0.29) is 35.8 Å². The zero-order valence-electron chi connectivity index (χ0n) is 21.4. The number of ether oxygens (including phenoxy) is 4. The zero-order valence-corrected chi connectivity index (χ0v) is 22.1. The molecule has 0 atom stereocenters. The molecule has 0 amide bonds. The Morgan fingerprint density at radius 2 is 1.21 bits per heavy atom. The summed E-state index contributed by atoms with van der Waals surface area (Å²) in [6.07, 6.45) is 2.97. The first-order valence-electron chi connectivity index (χ1n) is 12.7. The molecule has 0 N–H and O–H groups in total. The van der Waals surface area contributed by atoms with Crippen molar-refractivity contribution < 1.29 is 28.5 Å². The van der Waals surface area contributed by atoms with Gasteiger partial charge >= 0.3 is 11.9 Å². The first-order chi connectivity index (χ1) is 18.5. The standard InChI is InChI=1S/C31H29ClO6/c1-3-5-8-17-27(34)38-28-24-19-18-21(32)20-25(24)29(37-26(33)4-2)31(36-23-15-11-7-12-16-23)30(28)35-22-13-9-6-10-14-22/h6-7,9-16,18-20H,3-5,8,17H2,1-2H3. The summed E-state index contributed by atoms with van der Waals surface area (Å²) in [5, 5.41) is 1.35. The predicted octanol–water partition coefficient (Wildman–Crippen LogP) is 8.88. The third-order valence-corrected chi connectivity index (χ3v) is 5.96. The number of fused-ring (bicyclic) bond motifs is 1. The summed E-state index contributed by atoms with van der Waals surface area (Å²) < 4.78 is 24.4. The minimum Gasteiger partial charge on any atom is -0.449 e. The summed E-state index contributed by atoms with van der Waals surface area (Å²) in [6, 6.07) is 23.1. The first kappa shape index (κ1) is 27.0. The molecule has 0 aliphatic carbocycles. The van der Waals surface area contributed by atoms with Crippen LogP contribution in [0.2, 0.25) is 5.02 Å². The molecule has 0 aromatic heterocycles. The van der Waals surface area contributed by atoms with Gasteiger partial charge in [0.05, 0.1) is 0 Å². The lowest BCUT2D eigenvalue weighted by Gasteiger charge is -2.21. The average Bonchev–Trinajstić information content (AvgIpc) is 2.93. The van der Waals surface area contributed by atoms with E-state index in [1.807, 2.05) is 36.4 Å². The van der Waals surface area contributed by atoms with Gasteiger partial charge in [-0.25, -0.2) is 0 Å². The predicted molar refractivity (Wildman–Crippen MR) is 148 cm³/mol. The Kier molecular flexibility index (Phi) is 9.22. The molecule has 0 bridgehead atoms. The van der Waals surface area contributed by atoms with Crippen LogP contribution in [0.3, 0.4) is 0 Å². The monoisotopic (exact) mass is 532 g/mol. The van der Waals surface area contributed by atoms with Gasteiger partial charge in [0.2, 0.25) is 11.5 Å². The Morgan fingerprint density at radius 3 is 1.76 bits per heavy atom. The van der Waals surface area contributed by atoms with Gasteiger partial charge in [-0.05, 0) is 48.9 Å². The van der Waals surface area contributed by atoms with Crippen LogP contribution in [0.25, 0.3) is 10.8 Å². The molecule has 0 spiro atoms. The zero-order chi connectivity index (χ0) is 26.9. The smallest absolute Gasteiger partial charge is 0.311 e. The fourth-order valence-corrected chi connectivity index (χ4v) is 4.00. The van der Waals surface area contributed by atoms with E-state index in [4.69, 9.17) is 30.5 Å². The number of halogens is 1. The number of esters is 2. The van der Waals surface area contributed by atoms with Crippen LogP contribution in [0.4, 0.5) is 0 Å². The van der Waals surface area contributed by atoms with Crippen molar-refractivity contribution in [1.82, 2.24) is 0 Å². The largest absolute Gasteiger partial charge is 0.449 e. The summed E-state index contributed by atoms with van der Waals surface area (Å²) >= 11 is 6.37. The minimum atomic E-state index is -0.473. The summed E-state index contributed by atoms with van der Waals surface area (Å²) in [6.45, 7) is 3.76. The molecule has 0 aliphatic heterocycles. The highest BCUT2D eigenvalue weighted by molar-refractivity contribution is 6.31. The van der Waals surface area contributed by atoms with E-state index in [0.29, 0.717) is 33.7 Å². The molecular formula is C31H29ClO6. The van der Waals surface area contributed by atoms with Crippen molar-refractivity contribution in [3.8, 4) is 34.5 Å². The lowest BCUT2D eigenvalue weighted by atomic mass is 10.1. The Morgan fingerprint density at radius 1 is 0.658 bits per heavy atom. The molecule has 0 saturated heterocycles. The normalized spacial score (nSPS) is 10.7. The van der Waals surface area contributed by atoms with Gasteiger partial charge in [-0.3, -0.25) is 9.59 Å². The third kappa shape index (κ3) is 6.64. The Hall–Kier alpha value is -4.03. The second kappa shape index (κ2) is 13.0. The van der Waals surface area contributed by atoms with Gasteiger partial charge in [0.25, 0.3) is 0 Å². The highest BCUT2D eigenvalue weighted by atomic mass is 35.5. The molecule has 4 rings (SSSR count). The number of carbonyl (C=O) groups is 2. The second-order valence-corrected chi connectivity index (χ2v) is 9.03. The van der Waals surface area contributed by atoms with Crippen LogP contribution in [0.1, 0.15) is 46.0 Å². The minimum absolute atomic E-state index is 0.0907. The molecule has 7 heteroatoms. The fraction of sp³-hybridized carbons (Fsp3) is 0.226. The van der Waals surface area contributed by atoms with E-state index in [1.54, 1.807) is 49.4 Å². The molecule has 38 heavy (non-hydrogen) atoms. The van der Waals surface area contributed by atoms with Crippen molar-refractivity contribution in [1.29, 1.82) is 0 Å². The highest BCUT2D eigenvalue weighted by Crippen LogP contribution is 2.54. The average molecular weight is 533 g/mol. The van der Waals surface area contributed by atoms with E-state index >= 15 is 0 Å². The number of benzene rings is 4. The van der Waals surface area contributed by atoms with Crippen molar-refractivity contribution >= 4 is 34.3 Å². The quantitative estimate of drug-likeness (QED) is 0.109. The van der Waals surface area contributed by atoms with Gasteiger partial charge in [-0.2, -0.15) is 0 Å². The summed E-state index contributed by atoms with van der Waals surface area (Å²) in [5.74, 6) is 0.552. The maximum absolute atomic E-state index is 13.0. The van der Waals surface area contributed by atoms with Gasteiger partial charge in [0.1, 0.15) is 11.5 Å². The van der Waals surface area contributed by atoms with Crippen LogP contribution in [0, 0.1) is 0 Å². The SMILES string of the molecule is CCCCCC(=O)Oc1c(Oc2ccccc2)c(Oc2ccccc2)c(OC(=O)CC)c2cc(Cl)ccc12. The number of carbonyl (C=O) groups excluding carboxylic acids is 2. The highest BCUT2D eigenvalue weighted by Gasteiger charge is 2.29. The molecule has 0 radical (unpaired) electrons. The van der Waals surface area contributed by atoms with Gasteiger partial charge in [0.15, 0.2) is 11.5 Å². The number of unbranched alkanes of at least 4 members (excludes halogenated alkanes) is 2.